The quantitative estimate of drug-likeness (QED) is 0.874. The molecule has 1 heterocycles. The Morgan fingerprint density at radius 1 is 1.16 bits per heavy atom. The number of likely N-dealkylation sites (tertiary alicyclic amines) is 1. The summed E-state index contributed by atoms with van der Waals surface area (Å²) in [4.78, 5) is 14.6. The number of piperidine rings is 1. The molecule has 1 aliphatic carbocycles. The van der Waals surface area contributed by atoms with Crippen LogP contribution in [0, 0.1) is 5.92 Å². The van der Waals surface area contributed by atoms with Crippen molar-refractivity contribution in [3.05, 3.63) is 35.4 Å². The van der Waals surface area contributed by atoms with Gasteiger partial charge in [0.1, 0.15) is 0 Å². The summed E-state index contributed by atoms with van der Waals surface area (Å²) in [5.41, 5.74) is 2.80. The van der Waals surface area contributed by atoms with Gasteiger partial charge in [0.05, 0.1) is 0 Å². The number of carbonyl (C=O) groups is 1. The Kier molecular flexibility index (Phi) is 3.56. The van der Waals surface area contributed by atoms with Gasteiger partial charge in [-0.05, 0) is 56.9 Å². The van der Waals surface area contributed by atoms with Crippen molar-refractivity contribution in [3.63, 3.8) is 0 Å². The zero-order valence-corrected chi connectivity index (χ0v) is 11.6. The lowest BCUT2D eigenvalue weighted by Crippen LogP contribution is -2.43. The highest BCUT2D eigenvalue weighted by Crippen LogP contribution is 2.23. The Bertz CT molecular complexity index is 439. The van der Waals surface area contributed by atoms with Crippen molar-refractivity contribution in [2.75, 3.05) is 20.1 Å². The fourth-order valence-corrected chi connectivity index (χ4v) is 3.25. The maximum absolute atomic E-state index is 12.3. The fraction of sp³-hybridized carbons (Fsp3) is 0.562. The van der Waals surface area contributed by atoms with Gasteiger partial charge in [-0.25, -0.2) is 0 Å². The normalized spacial score (nSPS) is 21.3. The lowest BCUT2D eigenvalue weighted by atomic mass is 9.96. The number of carbonyl (C=O) groups excluding carboxylic acids is 1. The molecular formula is C16H22N2O. The third-order valence-corrected chi connectivity index (χ3v) is 4.49. The summed E-state index contributed by atoms with van der Waals surface area (Å²) in [6.07, 6.45) is 3.99. The van der Waals surface area contributed by atoms with E-state index in [4.69, 9.17) is 0 Å². The molecule has 0 unspecified atom stereocenters. The standard InChI is InChI=1S/C16H22N2O/c1-18-8-6-12(7-9-18)16(19)17-15-10-13-4-2-3-5-14(13)11-15/h2-5,12,15H,6-11H2,1H3,(H,17,19). The van der Waals surface area contributed by atoms with Crippen molar-refractivity contribution in [2.45, 2.75) is 31.7 Å². The van der Waals surface area contributed by atoms with Crippen LogP contribution in [0.15, 0.2) is 24.3 Å². The lowest BCUT2D eigenvalue weighted by molar-refractivity contribution is -0.127. The number of nitrogens with zero attached hydrogens (tertiary/aromatic N) is 1. The average molecular weight is 258 g/mol. The summed E-state index contributed by atoms with van der Waals surface area (Å²) in [5, 5.41) is 3.25. The molecule has 3 rings (SSSR count). The molecule has 102 valence electrons. The number of amides is 1. The first-order chi connectivity index (χ1) is 9.22. The minimum Gasteiger partial charge on any atom is -0.352 e. The Labute approximate surface area is 115 Å². The van der Waals surface area contributed by atoms with Gasteiger partial charge in [-0.2, -0.15) is 0 Å². The number of fused-ring (bicyclic) bond motifs is 1. The Hall–Kier alpha value is -1.35. The van der Waals surface area contributed by atoms with Crippen molar-refractivity contribution in [1.82, 2.24) is 10.2 Å². The second-order valence-corrected chi connectivity index (χ2v) is 5.96. The van der Waals surface area contributed by atoms with Crippen LogP contribution in [0.3, 0.4) is 0 Å². The second kappa shape index (κ2) is 5.33. The smallest absolute Gasteiger partial charge is 0.223 e. The van der Waals surface area contributed by atoms with Crippen LogP contribution in [0.5, 0.6) is 0 Å². The van der Waals surface area contributed by atoms with E-state index in [1.807, 2.05) is 0 Å². The molecule has 1 aromatic carbocycles. The van der Waals surface area contributed by atoms with E-state index in [0.29, 0.717) is 6.04 Å². The predicted molar refractivity (Wildman–Crippen MR) is 76.0 cm³/mol. The molecule has 0 aromatic heterocycles. The average Bonchev–Trinajstić information content (AvgIpc) is 2.81. The second-order valence-electron chi connectivity index (χ2n) is 5.96. The summed E-state index contributed by atoms with van der Waals surface area (Å²) in [6, 6.07) is 8.83. The highest BCUT2D eigenvalue weighted by atomic mass is 16.1. The van der Waals surface area contributed by atoms with Crippen LogP contribution in [0.2, 0.25) is 0 Å². The summed E-state index contributed by atoms with van der Waals surface area (Å²) in [7, 11) is 2.13. The van der Waals surface area contributed by atoms with Gasteiger partial charge in [0.15, 0.2) is 0 Å². The van der Waals surface area contributed by atoms with Crippen LogP contribution in [0.4, 0.5) is 0 Å². The molecule has 19 heavy (non-hydrogen) atoms. The van der Waals surface area contributed by atoms with Crippen LogP contribution in [0.1, 0.15) is 24.0 Å². The van der Waals surface area contributed by atoms with Crippen LogP contribution < -0.4 is 5.32 Å². The van der Waals surface area contributed by atoms with Crippen molar-refractivity contribution in [3.8, 4) is 0 Å². The summed E-state index contributed by atoms with van der Waals surface area (Å²) >= 11 is 0. The molecule has 0 saturated carbocycles. The zero-order chi connectivity index (χ0) is 13.2. The van der Waals surface area contributed by atoms with E-state index in [9.17, 15) is 4.79 Å². The molecule has 0 bridgehead atoms. The zero-order valence-electron chi connectivity index (χ0n) is 11.6. The molecule has 1 amide bonds. The molecule has 1 aliphatic heterocycles. The minimum absolute atomic E-state index is 0.222. The van der Waals surface area contributed by atoms with Gasteiger partial charge in [0, 0.05) is 12.0 Å². The molecule has 0 radical (unpaired) electrons. The molecule has 0 spiro atoms. The van der Waals surface area contributed by atoms with E-state index >= 15 is 0 Å². The Morgan fingerprint density at radius 3 is 2.32 bits per heavy atom. The largest absolute Gasteiger partial charge is 0.352 e. The summed E-state index contributed by atoms with van der Waals surface area (Å²) in [6.45, 7) is 2.09. The van der Waals surface area contributed by atoms with E-state index in [1.165, 1.54) is 11.1 Å². The first-order valence-electron chi connectivity index (χ1n) is 7.28. The van der Waals surface area contributed by atoms with Crippen LogP contribution >= 0.6 is 0 Å². The van der Waals surface area contributed by atoms with E-state index in [-0.39, 0.29) is 11.8 Å². The molecule has 3 heteroatoms. The monoisotopic (exact) mass is 258 g/mol. The highest BCUT2D eigenvalue weighted by molar-refractivity contribution is 5.79. The maximum Gasteiger partial charge on any atom is 0.223 e. The van der Waals surface area contributed by atoms with E-state index in [1.54, 1.807) is 0 Å². The molecule has 1 aromatic rings. The van der Waals surface area contributed by atoms with Gasteiger partial charge in [-0.3, -0.25) is 4.79 Å². The first-order valence-corrected chi connectivity index (χ1v) is 7.28. The number of nitrogens with one attached hydrogen (secondary N) is 1. The Morgan fingerprint density at radius 2 is 1.74 bits per heavy atom. The van der Waals surface area contributed by atoms with Crippen molar-refractivity contribution in [2.24, 2.45) is 5.92 Å². The van der Waals surface area contributed by atoms with Gasteiger partial charge >= 0.3 is 0 Å². The molecule has 1 fully saturated rings. The third kappa shape index (κ3) is 2.81. The maximum atomic E-state index is 12.3. The topological polar surface area (TPSA) is 32.3 Å². The van der Waals surface area contributed by atoms with Crippen LogP contribution in [-0.2, 0) is 17.6 Å². The molecule has 1 saturated heterocycles. The Balaban J connectivity index is 1.54. The molecular weight excluding hydrogens is 236 g/mol. The minimum atomic E-state index is 0.222. The number of hydrogen-bond donors (Lipinski definition) is 1. The molecule has 3 nitrogen and oxygen atoms in total. The van der Waals surface area contributed by atoms with E-state index in [0.717, 1.165) is 38.8 Å². The van der Waals surface area contributed by atoms with Gasteiger partial charge < -0.3 is 10.2 Å². The number of rotatable bonds is 2. The van der Waals surface area contributed by atoms with E-state index in [2.05, 4.69) is 41.5 Å². The summed E-state index contributed by atoms with van der Waals surface area (Å²) in [5.74, 6) is 0.491. The number of hydrogen-bond acceptors (Lipinski definition) is 2. The first kappa shape index (κ1) is 12.7. The van der Waals surface area contributed by atoms with Crippen molar-refractivity contribution < 1.29 is 4.79 Å². The van der Waals surface area contributed by atoms with Crippen molar-refractivity contribution in [1.29, 1.82) is 0 Å². The van der Waals surface area contributed by atoms with Gasteiger partial charge in [0.2, 0.25) is 5.91 Å². The summed E-state index contributed by atoms with van der Waals surface area (Å²) < 4.78 is 0. The molecule has 0 atom stereocenters. The van der Waals surface area contributed by atoms with Crippen molar-refractivity contribution >= 4 is 5.91 Å². The third-order valence-electron chi connectivity index (χ3n) is 4.49. The van der Waals surface area contributed by atoms with Crippen LogP contribution in [0.25, 0.3) is 0 Å². The molecule has 2 aliphatic rings. The fourth-order valence-electron chi connectivity index (χ4n) is 3.25. The SMILES string of the molecule is CN1CCC(C(=O)NC2Cc3ccccc3C2)CC1. The number of benzene rings is 1. The van der Waals surface area contributed by atoms with Crippen LogP contribution in [-0.4, -0.2) is 37.0 Å². The predicted octanol–water partition coefficient (Wildman–Crippen LogP) is 1.61. The van der Waals surface area contributed by atoms with Gasteiger partial charge in [0.25, 0.3) is 0 Å². The highest BCUT2D eigenvalue weighted by Gasteiger charge is 2.27. The lowest BCUT2D eigenvalue weighted by Gasteiger charge is -2.29. The van der Waals surface area contributed by atoms with E-state index < -0.39 is 0 Å². The molecule has 1 N–H and O–H groups in total. The van der Waals surface area contributed by atoms with Gasteiger partial charge in [-0.1, -0.05) is 24.3 Å². The van der Waals surface area contributed by atoms with Gasteiger partial charge in [-0.15, -0.1) is 0 Å².